The molecule has 1 aromatic heterocycles. The van der Waals surface area contributed by atoms with Crippen molar-refractivity contribution >= 4 is 17.6 Å². The number of nitrogens with one attached hydrogen (secondary N) is 2. The Morgan fingerprint density at radius 1 is 1.10 bits per heavy atom. The van der Waals surface area contributed by atoms with Crippen LogP contribution in [0.5, 0.6) is 0 Å². The van der Waals surface area contributed by atoms with Gasteiger partial charge in [0.25, 0.3) is 5.91 Å². The molecule has 1 aromatic carbocycles. The Labute approximate surface area is 116 Å². The summed E-state index contributed by atoms with van der Waals surface area (Å²) < 4.78 is 0. The quantitative estimate of drug-likeness (QED) is 0.785. The van der Waals surface area contributed by atoms with Crippen LogP contribution in [0.2, 0.25) is 0 Å². The minimum atomic E-state index is -0.588. The van der Waals surface area contributed by atoms with E-state index in [4.69, 9.17) is 5.73 Å². The van der Waals surface area contributed by atoms with E-state index in [2.05, 4.69) is 15.6 Å². The smallest absolute Gasteiger partial charge is 0.319 e. The standard InChI is InChI=1S/C14H14N4O2/c15-13(19)11-3-1-2-4-12(11)18-14(20)17-9-10-5-7-16-8-6-10/h1-8H,9H2,(H2,15,19)(H2,17,18,20). The summed E-state index contributed by atoms with van der Waals surface area (Å²) in [4.78, 5) is 26.9. The molecule has 0 aliphatic carbocycles. The number of nitrogens with two attached hydrogens (primary N) is 1. The number of hydrogen-bond donors (Lipinski definition) is 3. The number of pyridine rings is 1. The lowest BCUT2D eigenvalue weighted by Crippen LogP contribution is -2.29. The second kappa shape index (κ2) is 6.33. The molecule has 2 rings (SSSR count). The normalized spacial score (nSPS) is 9.80. The van der Waals surface area contributed by atoms with Crippen LogP contribution in [-0.4, -0.2) is 16.9 Å². The molecule has 0 aliphatic heterocycles. The van der Waals surface area contributed by atoms with Crippen LogP contribution in [0.25, 0.3) is 0 Å². The summed E-state index contributed by atoms with van der Waals surface area (Å²) >= 11 is 0. The number of primary amides is 1. The molecule has 0 saturated heterocycles. The van der Waals surface area contributed by atoms with E-state index in [0.717, 1.165) is 5.56 Å². The fourth-order valence-electron chi connectivity index (χ4n) is 1.66. The first-order valence-electron chi connectivity index (χ1n) is 5.99. The first-order chi connectivity index (χ1) is 9.66. The maximum absolute atomic E-state index is 11.8. The number of para-hydroxylation sites is 1. The molecule has 0 atom stereocenters. The SMILES string of the molecule is NC(=O)c1ccccc1NC(=O)NCc1ccncc1. The molecule has 0 saturated carbocycles. The van der Waals surface area contributed by atoms with Crippen LogP contribution in [0.15, 0.2) is 48.8 Å². The Kier molecular flexibility index (Phi) is 4.28. The summed E-state index contributed by atoms with van der Waals surface area (Å²) in [6, 6.07) is 9.77. The zero-order valence-corrected chi connectivity index (χ0v) is 10.7. The van der Waals surface area contributed by atoms with Crippen molar-refractivity contribution in [1.29, 1.82) is 0 Å². The highest BCUT2D eigenvalue weighted by Crippen LogP contribution is 2.13. The van der Waals surface area contributed by atoms with E-state index < -0.39 is 11.9 Å². The van der Waals surface area contributed by atoms with Gasteiger partial charge in [-0.05, 0) is 29.8 Å². The van der Waals surface area contributed by atoms with E-state index >= 15 is 0 Å². The van der Waals surface area contributed by atoms with Crippen molar-refractivity contribution in [2.24, 2.45) is 5.73 Å². The van der Waals surface area contributed by atoms with Crippen LogP contribution in [0.1, 0.15) is 15.9 Å². The number of carbonyl (C=O) groups is 2. The highest BCUT2D eigenvalue weighted by Gasteiger charge is 2.09. The number of nitrogens with zero attached hydrogens (tertiary/aromatic N) is 1. The molecule has 102 valence electrons. The minimum Gasteiger partial charge on any atom is -0.366 e. The van der Waals surface area contributed by atoms with Gasteiger partial charge in [0.15, 0.2) is 0 Å². The first kappa shape index (κ1) is 13.5. The lowest BCUT2D eigenvalue weighted by Gasteiger charge is -2.10. The van der Waals surface area contributed by atoms with Crippen LogP contribution in [0.3, 0.4) is 0 Å². The van der Waals surface area contributed by atoms with Gasteiger partial charge in [-0.3, -0.25) is 9.78 Å². The number of aromatic nitrogens is 1. The summed E-state index contributed by atoms with van der Waals surface area (Å²) in [7, 11) is 0. The number of hydrogen-bond acceptors (Lipinski definition) is 3. The predicted molar refractivity (Wildman–Crippen MR) is 75.1 cm³/mol. The topological polar surface area (TPSA) is 97.1 Å². The van der Waals surface area contributed by atoms with Gasteiger partial charge in [-0.1, -0.05) is 12.1 Å². The number of urea groups is 1. The molecule has 1 heterocycles. The Balaban J connectivity index is 1.97. The number of amides is 3. The maximum Gasteiger partial charge on any atom is 0.319 e. The Bertz CT molecular complexity index is 614. The lowest BCUT2D eigenvalue weighted by molar-refractivity contribution is 0.100. The minimum absolute atomic E-state index is 0.270. The van der Waals surface area contributed by atoms with E-state index in [1.165, 1.54) is 0 Å². The van der Waals surface area contributed by atoms with Crippen molar-refractivity contribution < 1.29 is 9.59 Å². The van der Waals surface area contributed by atoms with Crippen LogP contribution < -0.4 is 16.4 Å². The molecular formula is C14H14N4O2. The zero-order valence-electron chi connectivity index (χ0n) is 10.7. The van der Waals surface area contributed by atoms with E-state index in [0.29, 0.717) is 12.2 Å². The number of benzene rings is 1. The molecule has 20 heavy (non-hydrogen) atoms. The molecule has 4 N–H and O–H groups in total. The molecule has 0 fully saturated rings. The molecule has 0 aliphatic rings. The molecule has 0 radical (unpaired) electrons. The van der Waals surface area contributed by atoms with E-state index in [1.54, 1.807) is 48.8 Å². The highest BCUT2D eigenvalue weighted by molar-refractivity contribution is 6.02. The molecule has 0 unspecified atom stereocenters. The van der Waals surface area contributed by atoms with Crippen LogP contribution >= 0.6 is 0 Å². The molecule has 3 amide bonds. The average Bonchev–Trinajstić information content (AvgIpc) is 2.46. The molecule has 6 heteroatoms. The Morgan fingerprint density at radius 3 is 2.50 bits per heavy atom. The second-order valence-corrected chi connectivity index (χ2v) is 4.07. The Morgan fingerprint density at radius 2 is 1.80 bits per heavy atom. The van der Waals surface area contributed by atoms with Crippen molar-refractivity contribution in [1.82, 2.24) is 10.3 Å². The van der Waals surface area contributed by atoms with Crippen LogP contribution in [-0.2, 0) is 6.54 Å². The van der Waals surface area contributed by atoms with Gasteiger partial charge in [0.05, 0.1) is 11.3 Å². The molecule has 0 spiro atoms. The van der Waals surface area contributed by atoms with Crippen molar-refractivity contribution in [2.75, 3.05) is 5.32 Å². The van der Waals surface area contributed by atoms with Crippen LogP contribution in [0.4, 0.5) is 10.5 Å². The number of rotatable bonds is 4. The third kappa shape index (κ3) is 3.55. The molecule has 0 bridgehead atoms. The van der Waals surface area contributed by atoms with Crippen molar-refractivity contribution in [3.05, 3.63) is 59.9 Å². The maximum atomic E-state index is 11.8. The summed E-state index contributed by atoms with van der Waals surface area (Å²) in [6.07, 6.45) is 3.30. The fraction of sp³-hybridized carbons (Fsp3) is 0.0714. The number of carbonyl (C=O) groups excluding carboxylic acids is 2. The Hall–Kier alpha value is -2.89. The summed E-state index contributed by atoms with van der Waals surface area (Å²) in [5, 5.41) is 5.28. The van der Waals surface area contributed by atoms with E-state index in [1.807, 2.05) is 0 Å². The third-order valence-electron chi connectivity index (χ3n) is 2.64. The van der Waals surface area contributed by atoms with Gasteiger partial charge in [0.1, 0.15) is 0 Å². The van der Waals surface area contributed by atoms with Crippen LogP contribution in [0, 0.1) is 0 Å². The first-order valence-corrected chi connectivity index (χ1v) is 5.99. The van der Waals surface area contributed by atoms with E-state index in [-0.39, 0.29) is 5.56 Å². The van der Waals surface area contributed by atoms with Gasteiger partial charge >= 0.3 is 6.03 Å². The largest absolute Gasteiger partial charge is 0.366 e. The molecule has 6 nitrogen and oxygen atoms in total. The summed E-state index contributed by atoms with van der Waals surface area (Å²) in [5.74, 6) is -0.588. The second-order valence-electron chi connectivity index (χ2n) is 4.07. The van der Waals surface area contributed by atoms with Gasteiger partial charge in [-0.2, -0.15) is 0 Å². The summed E-state index contributed by atoms with van der Waals surface area (Å²) in [6.45, 7) is 0.368. The van der Waals surface area contributed by atoms with Gasteiger partial charge in [-0.15, -0.1) is 0 Å². The fourth-order valence-corrected chi connectivity index (χ4v) is 1.66. The third-order valence-corrected chi connectivity index (χ3v) is 2.64. The van der Waals surface area contributed by atoms with Crippen molar-refractivity contribution in [3.8, 4) is 0 Å². The zero-order chi connectivity index (χ0) is 14.4. The number of anilines is 1. The van der Waals surface area contributed by atoms with Crippen molar-refractivity contribution in [2.45, 2.75) is 6.54 Å². The lowest BCUT2D eigenvalue weighted by atomic mass is 10.1. The van der Waals surface area contributed by atoms with Gasteiger partial charge in [-0.25, -0.2) is 4.79 Å². The van der Waals surface area contributed by atoms with Gasteiger partial charge in [0.2, 0.25) is 0 Å². The average molecular weight is 270 g/mol. The predicted octanol–water partition coefficient (Wildman–Crippen LogP) is 1.50. The van der Waals surface area contributed by atoms with E-state index in [9.17, 15) is 9.59 Å². The molecule has 2 aromatic rings. The summed E-state index contributed by atoms with van der Waals surface area (Å²) in [5.41, 5.74) is 6.82. The van der Waals surface area contributed by atoms with Gasteiger partial charge < -0.3 is 16.4 Å². The van der Waals surface area contributed by atoms with Crippen molar-refractivity contribution in [3.63, 3.8) is 0 Å². The monoisotopic (exact) mass is 270 g/mol. The highest BCUT2D eigenvalue weighted by atomic mass is 16.2. The molecular weight excluding hydrogens is 256 g/mol. The van der Waals surface area contributed by atoms with Gasteiger partial charge in [0, 0.05) is 18.9 Å².